The van der Waals surface area contributed by atoms with Crippen LogP contribution in [0.4, 0.5) is 15.9 Å². The number of amides is 1. The van der Waals surface area contributed by atoms with Crippen molar-refractivity contribution in [3.05, 3.63) is 77.7 Å². The van der Waals surface area contributed by atoms with Crippen LogP contribution in [0.5, 0.6) is 11.5 Å². The summed E-state index contributed by atoms with van der Waals surface area (Å²) in [5.74, 6) is 1.05. The molecule has 1 atom stereocenters. The summed E-state index contributed by atoms with van der Waals surface area (Å²) in [4.78, 5) is 22.3. The quantitative estimate of drug-likeness (QED) is 0.225. The molecule has 8 rings (SSSR count). The molecule has 0 radical (unpaired) electrons. The molecule has 0 unspecified atom stereocenters. The summed E-state index contributed by atoms with van der Waals surface area (Å²) in [5, 5.41) is 21.5. The number of anilines is 2. The molecule has 10 nitrogen and oxygen atoms in total. The average molecular weight is 678 g/mol. The van der Waals surface area contributed by atoms with Gasteiger partial charge in [0, 0.05) is 29.9 Å². The highest BCUT2D eigenvalue weighted by Crippen LogP contribution is 2.45. The Morgan fingerprint density at radius 3 is 2.52 bits per heavy atom. The number of nitrogens with one attached hydrogen (secondary N) is 1. The summed E-state index contributed by atoms with van der Waals surface area (Å²) >= 11 is 0. The lowest BCUT2D eigenvalue weighted by atomic mass is 9.79. The number of nitrogens with two attached hydrogens (primary N) is 1. The number of phenolic OH excluding ortho intramolecular Hbond substituents is 1. The number of likely N-dealkylation sites (tertiary alicyclic amines) is 1. The Bertz CT molecular complexity index is 1870. The van der Waals surface area contributed by atoms with E-state index in [4.69, 9.17) is 10.5 Å². The van der Waals surface area contributed by atoms with Gasteiger partial charge in [0.25, 0.3) is 0 Å². The first-order chi connectivity index (χ1) is 24.4. The van der Waals surface area contributed by atoms with Crippen LogP contribution in [-0.4, -0.2) is 76.0 Å². The van der Waals surface area contributed by atoms with Gasteiger partial charge in [0.1, 0.15) is 18.4 Å². The van der Waals surface area contributed by atoms with Crippen LogP contribution < -0.4 is 20.7 Å². The molecule has 2 saturated heterocycles. The van der Waals surface area contributed by atoms with Gasteiger partial charge >= 0.3 is 0 Å². The third-order valence-corrected chi connectivity index (χ3v) is 11.3. The highest BCUT2D eigenvalue weighted by Gasteiger charge is 2.36. The van der Waals surface area contributed by atoms with Gasteiger partial charge in [-0.25, -0.2) is 4.39 Å². The normalized spacial score (nSPS) is 23.2. The molecule has 50 heavy (non-hydrogen) atoms. The van der Waals surface area contributed by atoms with Crippen LogP contribution in [0, 0.1) is 5.82 Å². The van der Waals surface area contributed by atoms with E-state index < -0.39 is 11.6 Å². The lowest BCUT2D eigenvalue weighted by molar-refractivity contribution is -0.123. The number of phenols is 1. The van der Waals surface area contributed by atoms with Crippen molar-refractivity contribution in [3.8, 4) is 34.0 Å². The molecule has 4 N–H and O–H groups in total. The highest BCUT2D eigenvalue weighted by molar-refractivity contribution is 5.87. The molecule has 5 heterocycles. The number of aromatic nitrogens is 3. The molecule has 1 amide bonds. The SMILES string of the molecule is Nc1nnc(-c2cccc(F)c2O)cc1-c1cc(C2CCN(C3CCC(c4cccc5c4OCCN5[C@H]4CCCNC4=O)CC3)CC2)ccn1. The minimum Gasteiger partial charge on any atom is -0.504 e. The van der Waals surface area contributed by atoms with Crippen molar-refractivity contribution in [1.82, 2.24) is 25.4 Å². The van der Waals surface area contributed by atoms with E-state index in [1.165, 1.54) is 36.1 Å². The number of hydrogen-bond donors (Lipinski definition) is 3. The summed E-state index contributed by atoms with van der Waals surface area (Å²) in [5.41, 5.74) is 11.7. The molecule has 260 valence electrons. The van der Waals surface area contributed by atoms with Gasteiger partial charge in [-0.15, -0.1) is 10.2 Å². The lowest BCUT2D eigenvalue weighted by Crippen LogP contribution is -2.53. The minimum absolute atomic E-state index is 0.111. The van der Waals surface area contributed by atoms with Crippen LogP contribution in [0.25, 0.3) is 22.5 Å². The van der Waals surface area contributed by atoms with Crippen LogP contribution in [-0.2, 0) is 4.79 Å². The molecule has 0 spiro atoms. The topological polar surface area (TPSA) is 130 Å². The van der Waals surface area contributed by atoms with Gasteiger partial charge in [0.2, 0.25) is 5.91 Å². The fourth-order valence-corrected chi connectivity index (χ4v) is 8.65. The second kappa shape index (κ2) is 13.9. The maximum Gasteiger partial charge on any atom is 0.242 e. The van der Waals surface area contributed by atoms with Crippen molar-refractivity contribution in [2.45, 2.75) is 75.3 Å². The Labute approximate surface area is 291 Å². The smallest absolute Gasteiger partial charge is 0.242 e. The van der Waals surface area contributed by atoms with Gasteiger partial charge in [-0.05, 0) is 124 Å². The number of fused-ring (bicyclic) bond motifs is 1. The molecule has 2 aromatic carbocycles. The first kappa shape index (κ1) is 32.4. The summed E-state index contributed by atoms with van der Waals surface area (Å²) in [6, 6.07) is 17.2. The second-order valence-electron chi connectivity index (χ2n) is 14.1. The van der Waals surface area contributed by atoms with E-state index in [9.17, 15) is 14.3 Å². The minimum atomic E-state index is -0.717. The molecule has 3 aliphatic heterocycles. The number of nitrogens with zero attached hydrogens (tertiary/aromatic N) is 5. The number of carbonyl (C=O) groups is 1. The van der Waals surface area contributed by atoms with Crippen molar-refractivity contribution >= 4 is 17.4 Å². The third kappa shape index (κ3) is 6.23. The van der Waals surface area contributed by atoms with Gasteiger partial charge in [0.15, 0.2) is 17.4 Å². The van der Waals surface area contributed by atoms with Crippen LogP contribution in [0.15, 0.2) is 60.8 Å². The molecule has 2 aromatic heterocycles. The first-order valence-corrected chi connectivity index (χ1v) is 18.1. The zero-order chi connectivity index (χ0) is 34.2. The summed E-state index contributed by atoms with van der Waals surface area (Å²) < 4.78 is 20.4. The predicted molar refractivity (Wildman–Crippen MR) is 191 cm³/mol. The summed E-state index contributed by atoms with van der Waals surface area (Å²) in [6.45, 7) is 4.25. The summed E-state index contributed by atoms with van der Waals surface area (Å²) in [6.07, 6.45) is 10.5. The molecule has 11 heteroatoms. The lowest BCUT2D eigenvalue weighted by Gasteiger charge is -2.42. The Morgan fingerprint density at radius 2 is 1.70 bits per heavy atom. The Balaban J connectivity index is 0.902. The molecular formula is C39H44FN7O3. The molecule has 3 fully saturated rings. The number of benzene rings is 2. The number of para-hydroxylation sites is 2. The molecule has 1 saturated carbocycles. The van der Waals surface area contributed by atoms with Crippen molar-refractivity contribution in [2.24, 2.45) is 0 Å². The Kier molecular flexibility index (Phi) is 8.99. The third-order valence-electron chi connectivity index (χ3n) is 11.3. The standard InChI is InChI=1S/C39H44FN7O3/c40-31-6-1-5-29(36(31)48)33-23-30(38(41)45-44-33)32-22-26(13-17-42-32)24-14-18-46(19-15-24)27-11-9-25(10-12-27)28-4-2-7-34-37(28)50-21-20-47(34)35-8-3-16-43-39(35)49/h1-2,4-7,13,17,22-25,27,35,48H,3,8-12,14-16,18-21H2,(H2,41,45)(H,43,49)/t25?,27?,35-/m0/s1. The molecular weight excluding hydrogens is 633 g/mol. The zero-order valence-corrected chi connectivity index (χ0v) is 28.2. The zero-order valence-electron chi connectivity index (χ0n) is 28.2. The maximum atomic E-state index is 14.0. The van der Waals surface area contributed by atoms with E-state index in [2.05, 4.69) is 60.6 Å². The monoisotopic (exact) mass is 677 g/mol. The van der Waals surface area contributed by atoms with E-state index in [1.807, 2.05) is 6.20 Å². The Morgan fingerprint density at radius 1 is 0.880 bits per heavy atom. The second-order valence-corrected chi connectivity index (χ2v) is 14.1. The number of carbonyl (C=O) groups excluding carboxylic acids is 1. The van der Waals surface area contributed by atoms with E-state index >= 15 is 0 Å². The largest absolute Gasteiger partial charge is 0.504 e. The van der Waals surface area contributed by atoms with Crippen LogP contribution in [0.2, 0.25) is 0 Å². The highest BCUT2D eigenvalue weighted by atomic mass is 19.1. The molecule has 4 aliphatic rings. The number of halogens is 1. The molecule has 1 aliphatic carbocycles. The van der Waals surface area contributed by atoms with E-state index in [1.54, 1.807) is 12.1 Å². The van der Waals surface area contributed by atoms with Crippen molar-refractivity contribution in [1.29, 1.82) is 0 Å². The number of piperidine rings is 2. The maximum absolute atomic E-state index is 14.0. The Hall–Kier alpha value is -4.77. The van der Waals surface area contributed by atoms with E-state index in [0.29, 0.717) is 41.4 Å². The van der Waals surface area contributed by atoms with Crippen molar-refractivity contribution in [2.75, 3.05) is 43.4 Å². The number of ether oxygens (including phenoxy) is 1. The van der Waals surface area contributed by atoms with Gasteiger partial charge in [-0.2, -0.15) is 0 Å². The van der Waals surface area contributed by atoms with Gasteiger partial charge in [-0.3, -0.25) is 9.78 Å². The van der Waals surface area contributed by atoms with Crippen LogP contribution in [0.3, 0.4) is 0 Å². The first-order valence-electron chi connectivity index (χ1n) is 18.1. The van der Waals surface area contributed by atoms with Crippen molar-refractivity contribution in [3.63, 3.8) is 0 Å². The average Bonchev–Trinajstić information content (AvgIpc) is 3.16. The van der Waals surface area contributed by atoms with Gasteiger partial charge in [-0.1, -0.05) is 18.2 Å². The number of aromatic hydroxyl groups is 1. The van der Waals surface area contributed by atoms with Crippen molar-refractivity contribution < 1.29 is 19.0 Å². The molecule has 0 bridgehead atoms. The number of hydrogen-bond acceptors (Lipinski definition) is 9. The van der Waals surface area contributed by atoms with E-state index in [0.717, 1.165) is 76.1 Å². The number of pyridine rings is 1. The van der Waals surface area contributed by atoms with Gasteiger partial charge in [0.05, 0.1) is 23.6 Å². The number of nitrogen functional groups attached to an aromatic ring is 1. The van der Waals surface area contributed by atoms with Crippen LogP contribution >= 0.6 is 0 Å². The van der Waals surface area contributed by atoms with Crippen LogP contribution in [0.1, 0.15) is 74.3 Å². The summed E-state index contributed by atoms with van der Waals surface area (Å²) in [7, 11) is 0. The fourth-order valence-electron chi connectivity index (χ4n) is 8.65. The van der Waals surface area contributed by atoms with Gasteiger partial charge < -0.3 is 30.7 Å². The predicted octanol–water partition coefficient (Wildman–Crippen LogP) is 6.02. The molecule has 4 aromatic rings. The number of rotatable bonds is 6. The van der Waals surface area contributed by atoms with E-state index in [-0.39, 0.29) is 23.3 Å². The fraction of sp³-hybridized carbons (Fsp3) is 0.436.